The highest BCUT2D eigenvalue weighted by Crippen LogP contribution is 2.17. The van der Waals surface area contributed by atoms with Crippen molar-refractivity contribution in [3.63, 3.8) is 0 Å². The summed E-state index contributed by atoms with van der Waals surface area (Å²) in [5.41, 5.74) is 2.14. The van der Waals surface area contributed by atoms with Gasteiger partial charge in [-0.1, -0.05) is 42.5 Å². The minimum Gasteiger partial charge on any atom is -0.435 e. The van der Waals surface area contributed by atoms with Crippen molar-refractivity contribution in [3.05, 3.63) is 81.8 Å². The lowest BCUT2D eigenvalue weighted by molar-refractivity contribution is -0.0498. The van der Waals surface area contributed by atoms with Crippen LogP contribution < -0.4 is 10.1 Å². The fourth-order valence-electron chi connectivity index (χ4n) is 2.37. The molecule has 0 saturated heterocycles. The summed E-state index contributed by atoms with van der Waals surface area (Å²) >= 11 is 1.43. The Balaban J connectivity index is 1.57. The molecular weight excluding hydrogens is 358 g/mol. The van der Waals surface area contributed by atoms with Crippen molar-refractivity contribution in [2.75, 3.05) is 0 Å². The summed E-state index contributed by atoms with van der Waals surface area (Å²) in [5.74, 6) is -0.244. The van der Waals surface area contributed by atoms with Crippen LogP contribution in [0.25, 0.3) is 0 Å². The van der Waals surface area contributed by atoms with Crippen LogP contribution in [0.3, 0.4) is 0 Å². The monoisotopic (exact) mass is 374 g/mol. The van der Waals surface area contributed by atoms with E-state index in [9.17, 15) is 13.6 Å². The van der Waals surface area contributed by atoms with Crippen molar-refractivity contribution in [2.24, 2.45) is 0 Å². The van der Waals surface area contributed by atoms with Gasteiger partial charge in [0, 0.05) is 18.3 Å². The molecule has 3 aromatic rings. The van der Waals surface area contributed by atoms with Crippen LogP contribution in [0.1, 0.15) is 26.6 Å². The van der Waals surface area contributed by atoms with E-state index < -0.39 is 6.61 Å². The van der Waals surface area contributed by atoms with Crippen LogP contribution in [0, 0.1) is 0 Å². The Morgan fingerprint density at radius 1 is 1.12 bits per heavy atom. The number of nitrogens with one attached hydrogen (secondary N) is 1. The molecule has 4 nitrogen and oxygen atoms in total. The fraction of sp³-hybridized carbons (Fsp3) is 0.158. The van der Waals surface area contributed by atoms with Crippen molar-refractivity contribution >= 4 is 17.2 Å². The summed E-state index contributed by atoms with van der Waals surface area (Å²) in [6, 6.07) is 16.1. The molecule has 0 aliphatic carbocycles. The number of amides is 1. The molecule has 0 bridgehead atoms. The van der Waals surface area contributed by atoms with Crippen LogP contribution in [0.15, 0.2) is 60.0 Å². The average molecular weight is 374 g/mol. The first kappa shape index (κ1) is 18.0. The van der Waals surface area contributed by atoms with Crippen molar-refractivity contribution in [2.45, 2.75) is 19.6 Å². The molecule has 0 radical (unpaired) electrons. The highest BCUT2D eigenvalue weighted by Gasteiger charge is 2.11. The van der Waals surface area contributed by atoms with E-state index in [-0.39, 0.29) is 18.2 Å². The molecule has 1 amide bonds. The van der Waals surface area contributed by atoms with Crippen molar-refractivity contribution in [3.8, 4) is 5.75 Å². The van der Waals surface area contributed by atoms with E-state index in [4.69, 9.17) is 0 Å². The number of thiazole rings is 1. The number of aromatic nitrogens is 1. The van der Waals surface area contributed by atoms with Gasteiger partial charge in [0.2, 0.25) is 0 Å². The Kier molecular flexibility index (Phi) is 5.91. The first-order valence-corrected chi connectivity index (χ1v) is 8.78. The smallest absolute Gasteiger partial charge is 0.387 e. The second kappa shape index (κ2) is 8.53. The van der Waals surface area contributed by atoms with Gasteiger partial charge in [0.25, 0.3) is 5.91 Å². The second-order valence-electron chi connectivity index (χ2n) is 5.50. The molecule has 0 unspecified atom stereocenters. The van der Waals surface area contributed by atoms with E-state index in [0.29, 0.717) is 17.7 Å². The summed E-state index contributed by atoms with van der Waals surface area (Å²) < 4.78 is 28.8. The fourth-order valence-corrected chi connectivity index (χ4v) is 3.18. The molecule has 1 aromatic heterocycles. The number of benzene rings is 2. The van der Waals surface area contributed by atoms with Crippen LogP contribution in [0.2, 0.25) is 0 Å². The van der Waals surface area contributed by atoms with E-state index in [0.717, 1.165) is 10.6 Å². The zero-order valence-corrected chi connectivity index (χ0v) is 14.5. The molecule has 1 heterocycles. The summed E-state index contributed by atoms with van der Waals surface area (Å²) in [4.78, 5) is 16.6. The molecular formula is C19H16F2N2O2S. The Labute approximate surface area is 153 Å². The van der Waals surface area contributed by atoms with E-state index in [1.165, 1.54) is 23.5 Å². The Bertz CT molecular complexity index is 869. The van der Waals surface area contributed by atoms with Crippen LogP contribution in [-0.4, -0.2) is 17.5 Å². The third-order valence-corrected chi connectivity index (χ3v) is 4.41. The maximum atomic E-state index is 12.2. The van der Waals surface area contributed by atoms with Gasteiger partial charge in [0.05, 0.1) is 5.01 Å². The summed E-state index contributed by atoms with van der Waals surface area (Å²) in [5, 5.41) is 5.30. The minimum absolute atomic E-state index is 0.0607. The van der Waals surface area contributed by atoms with Crippen LogP contribution in [-0.2, 0) is 13.0 Å². The zero-order chi connectivity index (χ0) is 18.4. The largest absolute Gasteiger partial charge is 0.435 e. The lowest BCUT2D eigenvalue weighted by Gasteiger charge is -2.07. The third-order valence-electron chi connectivity index (χ3n) is 3.56. The van der Waals surface area contributed by atoms with Gasteiger partial charge in [-0.3, -0.25) is 4.79 Å². The number of hydrogen-bond donors (Lipinski definition) is 1. The summed E-state index contributed by atoms with van der Waals surface area (Å²) in [7, 11) is 0. The molecule has 134 valence electrons. The molecule has 0 saturated carbocycles. The first-order chi connectivity index (χ1) is 12.6. The highest BCUT2D eigenvalue weighted by atomic mass is 32.1. The van der Waals surface area contributed by atoms with E-state index in [2.05, 4.69) is 15.0 Å². The number of alkyl halides is 2. The molecule has 0 spiro atoms. The zero-order valence-electron chi connectivity index (χ0n) is 13.7. The summed E-state index contributed by atoms with van der Waals surface area (Å²) in [6.07, 6.45) is 0.672. The number of carbonyl (C=O) groups is 1. The molecule has 0 aliphatic heterocycles. The predicted molar refractivity (Wildman–Crippen MR) is 95.6 cm³/mol. The molecule has 0 fully saturated rings. The normalized spacial score (nSPS) is 10.7. The predicted octanol–water partition coefficient (Wildman–Crippen LogP) is 4.27. The van der Waals surface area contributed by atoms with Crippen molar-refractivity contribution in [1.29, 1.82) is 0 Å². The number of halogens is 2. The number of ether oxygens (including phenoxy) is 1. The SMILES string of the molecule is O=C(NCc1cccc(OC(F)F)c1)c1csc(Cc2ccccc2)n1. The van der Waals surface area contributed by atoms with Gasteiger partial charge in [0.1, 0.15) is 11.4 Å². The standard InChI is InChI=1S/C19H16F2N2O2S/c20-19(21)25-15-8-4-7-14(9-15)11-22-18(24)16-12-26-17(23-16)10-13-5-2-1-3-6-13/h1-9,12,19H,10-11H2,(H,22,24). The number of rotatable bonds is 7. The molecule has 3 rings (SSSR count). The van der Waals surface area contributed by atoms with Gasteiger partial charge in [-0.25, -0.2) is 4.98 Å². The molecule has 1 N–H and O–H groups in total. The van der Waals surface area contributed by atoms with Crippen LogP contribution in [0.5, 0.6) is 5.75 Å². The van der Waals surface area contributed by atoms with Crippen LogP contribution in [0.4, 0.5) is 8.78 Å². The number of nitrogens with zero attached hydrogens (tertiary/aromatic N) is 1. The Hall–Kier alpha value is -2.80. The minimum atomic E-state index is -2.88. The van der Waals surface area contributed by atoms with E-state index in [1.54, 1.807) is 17.5 Å². The van der Waals surface area contributed by atoms with E-state index in [1.807, 2.05) is 30.3 Å². The van der Waals surface area contributed by atoms with Gasteiger partial charge in [0.15, 0.2) is 0 Å². The maximum Gasteiger partial charge on any atom is 0.387 e. The average Bonchev–Trinajstić information content (AvgIpc) is 3.09. The van der Waals surface area contributed by atoms with Crippen molar-refractivity contribution in [1.82, 2.24) is 10.3 Å². The Morgan fingerprint density at radius 2 is 1.88 bits per heavy atom. The summed E-state index contributed by atoms with van der Waals surface area (Å²) in [6.45, 7) is -2.68. The number of carbonyl (C=O) groups excluding carboxylic acids is 1. The molecule has 26 heavy (non-hydrogen) atoms. The van der Waals surface area contributed by atoms with Gasteiger partial charge in [-0.15, -0.1) is 11.3 Å². The maximum absolute atomic E-state index is 12.2. The third kappa shape index (κ3) is 5.10. The second-order valence-corrected chi connectivity index (χ2v) is 6.44. The molecule has 0 atom stereocenters. The Morgan fingerprint density at radius 3 is 2.65 bits per heavy atom. The van der Waals surface area contributed by atoms with Gasteiger partial charge in [-0.2, -0.15) is 8.78 Å². The molecule has 0 aliphatic rings. The topological polar surface area (TPSA) is 51.2 Å². The number of hydrogen-bond acceptors (Lipinski definition) is 4. The van der Waals surface area contributed by atoms with Gasteiger partial charge in [-0.05, 0) is 23.3 Å². The van der Waals surface area contributed by atoms with Gasteiger partial charge >= 0.3 is 6.61 Å². The highest BCUT2D eigenvalue weighted by molar-refractivity contribution is 7.09. The molecule has 7 heteroatoms. The lowest BCUT2D eigenvalue weighted by Crippen LogP contribution is -2.23. The van der Waals surface area contributed by atoms with Gasteiger partial charge < -0.3 is 10.1 Å². The quantitative estimate of drug-likeness (QED) is 0.672. The van der Waals surface area contributed by atoms with Crippen molar-refractivity contribution < 1.29 is 18.3 Å². The first-order valence-electron chi connectivity index (χ1n) is 7.90. The van der Waals surface area contributed by atoms with Crippen LogP contribution >= 0.6 is 11.3 Å². The van der Waals surface area contributed by atoms with E-state index >= 15 is 0 Å². The lowest BCUT2D eigenvalue weighted by atomic mass is 10.2. The molecule has 2 aromatic carbocycles.